The third-order valence-corrected chi connectivity index (χ3v) is 3.72. The lowest BCUT2D eigenvalue weighted by atomic mass is 10.2. The van der Waals surface area contributed by atoms with Gasteiger partial charge in [0.25, 0.3) is 0 Å². The topological polar surface area (TPSA) is 12.9 Å². The van der Waals surface area contributed by atoms with Crippen LogP contribution < -0.4 is 0 Å². The Bertz CT molecular complexity index is 502. The smallest absolute Gasteiger partial charge is 0.125 e. The maximum Gasteiger partial charge on any atom is 0.125 e. The van der Waals surface area contributed by atoms with E-state index in [4.69, 9.17) is 23.2 Å². The second kappa shape index (κ2) is 5.00. The number of rotatable bonds is 3. The first-order valence-corrected chi connectivity index (χ1v) is 6.30. The van der Waals surface area contributed by atoms with Gasteiger partial charge in [0.2, 0.25) is 0 Å². The summed E-state index contributed by atoms with van der Waals surface area (Å²) in [5.74, 6) is 0. The van der Waals surface area contributed by atoms with Gasteiger partial charge >= 0.3 is 0 Å². The predicted octanol–water partition coefficient (Wildman–Crippen LogP) is 4.85. The van der Waals surface area contributed by atoms with Crippen LogP contribution in [0.1, 0.15) is 5.69 Å². The van der Waals surface area contributed by atoms with Crippen LogP contribution in [-0.4, -0.2) is 4.98 Å². The zero-order valence-electron chi connectivity index (χ0n) is 8.41. The largest absolute Gasteiger partial charge is 0.239 e. The Hall–Kier alpha value is -0.830. The molecule has 0 aliphatic rings. The first-order chi connectivity index (χ1) is 7.70. The number of aromatic nitrogens is 1. The van der Waals surface area contributed by atoms with Crippen molar-refractivity contribution in [1.82, 2.24) is 4.98 Å². The summed E-state index contributed by atoms with van der Waals surface area (Å²) in [5, 5.41) is 1.64. The van der Waals surface area contributed by atoms with Crippen LogP contribution in [0.2, 0.25) is 9.36 Å². The minimum Gasteiger partial charge on any atom is -0.239 e. The van der Waals surface area contributed by atoms with Crippen LogP contribution in [0, 0.1) is 0 Å². The Morgan fingerprint density at radius 1 is 1.25 bits per heavy atom. The summed E-state index contributed by atoms with van der Waals surface area (Å²) in [6.07, 6.45) is 2.50. The quantitative estimate of drug-likeness (QED) is 0.727. The Balaban J connectivity index is 2.37. The first kappa shape index (κ1) is 11.6. The van der Waals surface area contributed by atoms with E-state index >= 15 is 0 Å². The summed E-state index contributed by atoms with van der Waals surface area (Å²) < 4.78 is 0.727. The molecule has 0 spiro atoms. The fourth-order valence-corrected chi connectivity index (χ4v) is 2.60. The molecule has 1 nitrogen and oxygen atoms in total. The van der Waals surface area contributed by atoms with Crippen molar-refractivity contribution < 1.29 is 0 Å². The van der Waals surface area contributed by atoms with Crippen LogP contribution in [0.15, 0.2) is 36.9 Å². The highest BCUT2D eigenvalue weighted by atomic mass is 35.5. The van der Waals surface area contributed by atoms with Gasteiger partial charge in [-0.3, -0.25) is 0 Å². The van der Waals surface area contributed by atoms with Gasteiger partial charge in [-0.05, 0) is 12.1 Å². The Kier molecular flexibility index (Phi) is 3.64. The van der Waals surface area contributed by atoms with Crippen molar-refractivity contribution in [2.24, 2.45) is 0 Å². The molecule has 16 heavy (non-hydrogen) atoms. The second-order valence-electron chi connectivity index (χ2n) is 3.24. The second-order valence-corrected chi connectivity index (χ2v) is 5.28. The van der Waals surface area contributed by atoms with Gasteiger partial charge in [0.1, 0.15) is 9.34 Å². The fourth-order valence-electron chi connectivity index (χ4n) is 1.31. The molecule has 1 aromatic heterocycles. The maximum absolute atomic E-state index is 6.09. The van der Waals surface area contributed by atoms with Crippen molar-refractivity contribution in [3.05, 3.63) is 52.0 Å². The first-order valence-electron chi connectivity index (χ1n) is 4.72. The molecule has 1 aromatic carbocycles. The van der Waals surface area contributed by atoms with E-state index in [9.17, 15) is 0 Å². The molecule has 4 heteroatoms. The molecule has 0 aliphatic heterocycles. The number of benzene rings is 1. The minimum absolute atomic E-state index is 0.697. The molecule has 0 radical (unpaired) electrons. The van der Waals surface area contributed by atoms with Crippen molar-refractivity contribution in [3.63, 3.8) is 0 Å². The maximum atomic E-state index is 6.09. The summed E-state index contributed by atoms with van der Waals surface area (Å²) in [6, 6.07) is 7.57. The third kappa shape index (κ3) is 2.46. The van der Waals surface area contributed by atoms with E-state index in [-0.39, 0.29) is 0 Å². The summed E-state index contributed by atoms with van der Waals surface area (Å²) in [5.41, 5.74) is 1.92. The molecule has 2 rings (SSSR count). The van der Waals surface area contributed by atoms with E-state index in [2.05, 4.69) is 11.6 Å². The van der Waals surface area contributed by atoms with E-state index < -0.39 is 0 Å². The van der Waals surface area contributed by atoms with Crippen molar-refractivity contribution in [1.29, 1.82) is 0 Å². The van der Waals surface area contributed by atoms with Gasteiger partial charge in [-0.2, -0.15) is 0 Å². The van der Waals surface area contributed by atoms with E-state index in [1.54, 1.807) is 6.08 Å². The molecule has 0 fully saturated rings. The molecule has 0 bridgehead atoms. The van der Waals surface area contributed by atoms with Gasteiger partial charge in [-0.1, -0.05) is 41.4 Å². The number of nitrogens with zero attached hydrogens (tertiary/aromatic N) is 1. The van der Waals surface area contributed by atoms with E-state index in [1.807, 2.05) is 24.3 Å². The third-order valence-electron chi connectivity index (χ3n) is 2.08. The highest BCUT2D eigenvalue weighted by Gasteiger charge is 2.09. The molecule has 1 heterocycles. The molecule has 0 atom stereocenters. The van der Waals surface area contributed by atoms with Gasteiger partial charge in [0.15, 0.2) is 0 Å². The van der Waals surface area contributed by atoms with Crippen LogP contribution in [0.5, 0.6) is 0 Å². The molecule has 0 N–H and O–H groups in total. The number of allylic oxidation sites excluding steroid dienone is 1. The molecule has 0 amide bonds. The summed E-state index contributed by atoms with van der Waals surface area (Å²) in [4.78, 5) is 4.47. The lowest BCUT2D eigenvalue weighted by molar-refractivity contribution is 1.16. The summed E-state index contributed by atoms with van der Waals surface area (Å²) >= 11 is 13.4. The van der Waals surface area contributed by atoms with Crippen LogP contribution in [0.3, 0.4) is 0 Å². The highest BCUT2D eigenvalue weighted by Crippen LogP contribution is 2.32. The van der Waals surface area contributed by atoms with Gasteiger partial charge < -0.3 is 0 Å². The standard InChI is InChI=1S/C12H9Cl2NS/c1-2-3-10-11(14)16-12(15-10)8-4-6-9(13)7-5-8/h2,4-7H,1,3H2. The molecule has 0 unspecified atom stereocenters. The average molecular weight is 270 g/mol. The molecule has 0 aliphatic carbocycles. The van der Waals surface area contributed by atoms with Crippen LogP contribution in [0.4, 0.5) is 0 Å². The molecule has 82 valence electrons. The molecule has 0 saturated heterocycles. The fraction of sp³-hybridized carbons (Fsp3) is 0.0833. The van der Waals surface area contributed by atoms with E-state index in [0.29, 0.717) is 6.42 Å². The van der Waals surface area contributed by atoms with Gasteiger partial charge in [0, 0.05) is 17.0 Å². The number of thiazole rings is 1. The Morgan fingerprint density at radius 3 is 2.56 bits per heavy atom. The molecular weight excluding hydrogens is 261 g/mol. The predicted molar refractivity (Wildman–Crippen MR) is 71.5 cm³/mol. The zero-order valence-corrected chi connectivity index (χ0v) is 10.7. The lowest BCUT2D eigenvalue weighted by Gasteiger charge is -1.95. The van der Waals surface area contributed by atoms with E-state index in [0.717, 1.165) is 25.6 Å². The van der Waals surface area contributed by atoms with Crippen molar-refractivity contribution >= 4 is 34.5 Å². The van der Waals surface area contributed by atoms with Gasteiger partial charge in [0.05, 0.1) is 5.69 Å². The van der Waals surface area contributed by atoms with Gasteiger partial charge in [-0.15, -0.1) is 17.9 Å². The van der Waals surface area contributed by atoms with E-state index in [1.165, 1.54) is 11.3 Å². The van der Waals surface area contributed by atoms with Crippen molar-refractivity contribution in [3.8, 4) is 10.6 Å². The zero-order chi connectivity index (χ0) is 11.5. The monoisotopic (exact) mass is 269 g/mol. The molecule has 2 aromatic rings. The summed E-state index contributed by atoms with van der Waals surface area (Å²) in [6.45, 7) is 3.68. The van der Waals surface area contributed by atoms with Crippen molar-refractivity contribution in [2.75, 3.05) is 0 Å². The Labute approximate surface area is 108 Å². The molecular formula is C12H9Cl2NS. The lowest BCUT2D eigenvalue weighted by Crippen LogP contribution is -1.82. The van der Waals surface area contributed by atoms with Crippen LogP contribution >= 0.6 is 34.5 Å². The molecule has 0 saturated carbocycles. The SMILES string of the molecule is C=CCc1nc(-c2ccc(Cl)cc2)sc1Cl. The number of hydrogen-bond acceptors (Lipinski definition) is 2. The number of halogens is 2. The average Bonchev–Trinajstić information content (AvgIpc) is 2.62. The van der Waals surface area contributed by atoms with Gasteiger partial charge in [-0.25, -0.2) is 4.98 Å². The van der Waals surface area contributed by atoms with Crippen molar-refractivity contribution in [2.45, 2.75) is 6.42 Å². The summed E-state index contributed by atoms with van der Waals surface area (Å²) in [7, 11) is 0. The minimum atomic E-state index is 0.697. The number of hydrogen-bond donors (Lipinski definition) is 0. The Morgan fingerprint density at radius 2 is 1.94 bits per heavy atom. The highest BCUT2D eigenvalue weighted by molar-refractivity contribution is 7.19. The van der Waals surface area contributed by atoms with Crippen LogP contribution in [0.25, 0.3) is 10.6 Å². The normalized spacial score (nSPS) is 10.4. The van der Waals surface area contributed by atoms with Crippen LogP contribution in [-0.2, 0) is 6.42 Å².